The molecule has 1 aliphatic heterocycles. The van der Waals surface area contributed by atoms with Crippen molar-refractivity contribution in [2.45, 2.75) is 25.8 Å². The fourth-order valence-corrected chi connectivity index (χ4v) is 2.94. The number of nitrogens with one attached hydrogen (secondary N) is 2. The molecule has 0 saturated carbocycles. The number of piperazine rings is 1. The van der Waals surface area contributed by atoms with Gasteiger partial charge in [0.2, 0.25) is 5.91 Å². The highest BCUT2D eigenvalue weighted by Gasteiger charge is 2.30. The molecular formula is C13H21N3OS. The summed E-state index contributed by atoms with van der Waals surface area (Å²) >= 11 is 1.56. The van der Waals surface area contributed by atoms with Crippen molar-refractivity contribution < 1.29 is 4.79 Å². The molecule has 5 heteroatoms. The average Bonchev–Trinajstić information content (AvgIpc) is 2.82. The van der Waals surface area contributed by atoms with E-state index >= 15 is 0 Å². The van der Waals surface area contributed by atoms with Crippen molar-refractivity contribution in [1.29, 1.82) is 0 Å². The summed E-state index contributed by atoms with van der Waals surface area (Å²) < 4.78 is 0. The minimum absolute atomic E-state index is 0.0799. The molecule has 2 heterocycles. The van der Waals surface area contributed by atoms with Gasteiger partial charge in [0.1, 0.15) is 0 Å². The molecule has 0 atom stereocenters. The topological polar surface area (TPSA) is 44.4 Å². The zero-order valence-electron chi connectivity index (χ0n) is 11.0. The second-order valence-corrected chi connectivity index (χ2v) is 6.20. The number of nitrogens with zero attached hydrogens (tertiary/aromatic N) is 1. The van der Waals surface area contributed by atoms with E-state index in [2.05, 4.69) is 29.4 Å². The lowest BCUT2D eigenvalue weighted by molar-refractivity contribution is -0.118. The summed E-state index contributed by atoms with van der Waals surface area (Å²) in [6.45, 7) is 8.34. The smallest absolute Gasteiger partial charge is 0.226 e. The van der Waals surface area contributed by atoms with Gasteiger partial charge in [-0.2, -0.15) is 0 Å². The highest BCUT2D eigenvalue weighted by atomic mass is 32.1. The molecule has 18 heavy (non-hydrogen) atoms. The first-order valence-electron chi connectivity index (χ1n) is 6.37. The third-order valence-corrected chi connectivity index (χ3v) is 4.14. The summed E-state index contributed by atoms with van der Waals surface area (Å²) in [5.74, 6) is 0.0981. The summed E-state index contributed by atoms with van der Waals surface area (Å²) in [5, 5.41) is 9.19. The van der Waals surface area contributed by atoms with Gasteiger partial charge >= 0.3 is 0 Å². The molecule has 0 bridgehead atoms. The van der Waals surface area contributed by atoms with E-state index in [4.69, 9.17) is 0 Å². The summed E-state index contributed by atoms with van der Waals surface area (Å²) in [6, 6.07) is 3.88. The molecule has 0 aliphatic carbocycles. The number of carbonyl (C=O) groups excluding carboxylic acids is 1. The normalized spacial score (nSPS) is 17.7. The Bertz CT molecular complexity index is 383. The molecule has 0 unspecified atom stereocenters. The molecule has 2 N–H and O–H groups in total. The van der Waals surface area contributed by atoms with Gasteiger partial charge in [0.15, 0.2) is 0 Å². The highest BCUT2D eigenvalue weighted by molar-refractivity contribution is 7.14. The Morgan fingerprint density at radius 2 is 2.22 bits per heavy atom. The van der Waals surface area contributed by atoms with Gasteiger partial charge in [-0.3, -0.25) is 9.69 Å². The van der Waals surface area contributed by atoms with Gasteiger partial charge in [-0.05, 0) is 31.4 Å². The minimum atomic E-state index is -0.0799. The van der Waals surface area contributed by atoms with E-state index < -0.39 is 0 Å². The van der Waals surface area contributed by atoms with Crippen LogP contribution in [0.25, 0.3) is 0 Å². The Hall–Kier alpha value is -0.910. The molecular weight excluding hydrogens is 246 g/mol. The molecule has 4 nitrogen and oxygen atoms in total. The molecule has 1 aromatic rings. The van der Waals surface area contributed by atoms with Gasteiger partial charge in [-0.15, -0.1) is 11.3 Å². The summed E-state index contributed by atoms with van der Waals surface area (Å²) in [5.41, 5.74) is -0.0799. The van der Waals surface area contributed by atoms with Crippen LogP contribution in [-0.4, -0.2) is 42.5 Å². The van der Waals surface area contributed by atoms with E-state index in [1.807, 2.05) is 17.5 Å². The van der Waals surface area contributed by atoms with Gasteiger partial charge in [-0.1, -0.05) is 0 Å². The fraction of sp³-hybridized carbons (Fsp3) is 0.615. The maximum absolute atomic E-state index is 12.0. The van der Waals surface area contributed by atoms with Crippen LogP contribution in [0.2, 0.25) is 0 Å². The molecule has 1 fully saturated rings. The van der Waals surface area contributed by atoms with Crippen LogP contribution in [0.3, 0.4) is 0 Å². The number of carbonyl (C=O) groups is 1. The molecule has 1 saturated heterocycles. The lowest BCUT2D eigenvalue weighted by Crippen LogP contribution is -2.54. The van der Waals surface area contributed by atoms with Crippen LogP contribution in [-0.2, 0) is 4.79 Å². The van der Waals surface area contributed by atoms with Crippen LogP contribution in [0.1, 0.15) is 20.3 Å². The zero-order chi connectivity index (χ0) is 13.0. The number of rotatable bonds is 4. The van der Waals surface area contributed by atoms with Gasteiger partial charge in [0.25, 0.3) is 0 Å². The van der Waals surface area contributed by atoms with Crippen LogP contribution in [0.4, 0.5) is 5.00 Å². The minimum Gasteiger partial charge on any atom is -0.318 e. The van der Waals surface area contributed by atoms with Crippen LogP contribution in [0.15, 0.2) is 17.5 Å². The van der Waals surface area contributed by atoms with E-state index in [-0.39, 0.29) is 11.4 Å². The Kier molecular flexibility index (Phi) is 4.37. The van der Waals surface area contributed by atoms with Gasteiger partial charge in [0.05, 0.1) is 5.00 Å². The molecule has 0 aromatic carbocycles. The van der Waals surface area contributed by atoms with Gasteiger partial charge in [0, 0.05) is 38.1 Å². The third kappa shape index (κ3) is 3.54. The number of anilines is 1. The third-order valence-electron chi connectivity index (χ3n) is 3.35. The first-order chi connectivity index (χ1) is 8.58. The fourth-order valence-electron chi connectivity index (χ4n) is 2.31. The Morgan fingerprint density at radius 3 is 2.83 bits per heavy atom. The number of hydrogen-bond donors (Lipinski definition) is 2. The molecule has 100 valence electrons. The number of thiophene rings is 1. The first-order valence-corrected chi connectivity index (χ1v) is 7.25. The Morgan fingerprint density at radius 1 is 1.50 bits per heavy atom. The predicted octanol–water partition coefficient (Wildman–Crippen LogP) is 1.76. The van der Waals surface area contributed by atoms with Gasteiger partial charge in [-0.25, -0.2) is 0 Å². The van der Waals surface area contributed by atoms with Crippen LogP contribution in [0.5, 0.6) is 0 Å². The molecule has 2 rings (SSSR count). The van der Waals surface area contributed by atoms with E-state index in [1.54, 1.807) is 11.3 Å². The lowest BCUT2D eigenvalue weighted by atomic mass is 9.96. The van der Waals surface area contributed by atoms with Crippen molar-refractivity contribution in [3.63, 3.8) is 0 Å². The van der Waals surface area contributed by atoms with Crippen LogP contribution < -0.4 is 10.6 Å². The second kappa shape index (κ2) is 5.82. The van der Waals surface area contributed by atoms with Crippen LogP contribution in [0, 0.1) is 0 Å². The van der Waals surface area contributed by atoms with Gasteiger partial charge < -0.3 is 10.6 Å². The van der Waals surface area contributed by atoms with Crippen LogP contribution >= 0.6 is 11.3 Å². The van der Waals surface area contributed by atoms with Crippen molar-refractivity contribution in [3.05, 3.63) is 17.5 Å². The van der Waals surface area contributed by atoms with E-state index in [9.17, 15) is 4.79 Å². The summed E-state index contributed by atoms with van der Waals surface area (Å²) in [7, 11) is 0. The van der Waals surface area contributed by atoms with E-state index in [0.717, 1.165) is 31.2 Å². The monoisotopic (exact) mass is 267 g/mol. The zero-order valence-corrected chi connectivity index (χ0v) is 11.8. The Balaban J connectivity index is 1.88. The van der Waals surface area contributed by atoms with Crippen molar-refractivity contribution >= 4 is 22.2 Å². The second-order valence-electron chi connectivity index (χ2n) is 5.25. The number of amides is 1. The van der Waals surface area contributed by atoms with Crippen molar-refractivity contribution in [1.82, 2.24) is 10.2 Å². The molecule has 0 spiro atoms. The largest absolute Gasteiger partial charge is 0.318 e. The number of hydrogen-bond acceptors (Lipinski definition) is 4. The summed E-state index contributed by atoms with van der Waals surface area (Å²) in [6.07, 6.45) is 0.533. The predicted molar refractivity (Wildman–Crippen MR) is 76.1 cm³/mol. The van der Waals surface area contributed by atoms with E-state index in [1.165, 1.54) is 0 Å². The lowest BCUT2D eigenvalue weighted by Gasteiger charge is -2.40. The average molecular weight is 267 g/mol. The first kappa shape index (κ1) is 13.5. The molecule has 1 amide bonds. The maximum atomic E-state index is 12.0. The molecule has 1 aliphatic rings. The van der Waals surface area contributed by atoms with E-state index in [0.29, 0.717) is 6.42 Å². The van der Waals surface area contributed by atoms with Crippen molar-refractivity contribution in [2.75, 3.05) is 31.5 Å². The molecule has 0 radical (unpaired) electrons. The Labute approximate surface area is 112 Å². The highest BCUT2D eigenvalue weighted by Crippen LogP contribution is 2.21. The standard InChI is InChI=1S/C13H21N3OS/c1-13(2,16-7-5-14-6-8-16)10-11(17)15-12-4-3-9-18-12/h3-4,9,14H,5-8,10H2,1-2H3,(H,15,17). The molecule has 1 aromatic heterocycles. The SMILES string of the molecule is CC(C)(CC(=O)Nc1cccs1)N1CCNCC1. The van der Waals surface area contributed by atoms with Crippen molar-refractivity contribution in [3.8, 4) is 0 Å². The maximum Gasteiger partial charge on any atom is 0.226 e. The quantitative estimate of drug-likeness (QED) is 0.874. The summed E-state index contributed by atoms with van der Waals surface area (Å²) in [4.78, 5) is 14.4. The van der Waals surface area contributed by atoms with Crippen molar-refractivity contribution in [2.24, 2.45) is 0 Å².